The van der Waals surface area contributed by atoms with Gasteiger partial charge in [0.15, 0.2) is 0 Å². The van der Waals surface area contributed by atoms with Crippen LogP contribution in [0.3, 0.4) is 0 Å². The van der Waals surface area contributed by atoms with Gasteiger partial charge < -0.3 is 23.8 Å². The van der Waals surface area contributed by atoms with E-state index >= 15 is 0 Å². The Morgan fingerprint density at radius 2 is 1.29 bits per heavy atom. The lowest BCUT2D eigenvalue weighted by molar-refractivity contribution is 0.412. The maximum atomic E-state index is 13.4. The van der Waals surface area contributed by atoms with Gasteiger partial charge in [-0.1, -0.05) is 29.3 Å². The maximum Gasteiger partial charge on any atom is 0.344 e. The minimum atomic E-state index is -1.31. The number of halogens is 3. The van der Waals surface area contributed by atoms with Crippen molar-refractivity contribution in [3.63, 3.8) is 0 Å². The van der Waals surface area contributed by atoms with Crippen LogP contribution in [0, 0.1) is 13.8 Å². The van der Waals surface area contributed by atoms with E-state index in [4.69, 9.17) is 36.8 Å². The van der Waals surface area contributed by atoms with Crippen molar-refractivity contribution in [2.75, 3.05) is 7.11 Å². The van der Waals surface area contributed by atoms with Crippen LogP contribution in [0.1, 0.15) is 33.7 Å². The average molecular weight is 618 g/mol. The topological polar surface area (TPSA) is 110 Å². The summed E-state index contributed by atoms with van der Waals surface area (Å²) >= 11 is 16.0. The smallest absolute Gasteiger partial charge is 0.344 e. The second kappa shape index (κ2) is 9.69. The number of fused-ring (bicyclic) bond motifs is 2. The van der Waals surface area contributed by atoms with E-state index in [0.29, 0.717) is 37.0 Å². The lowest BCUT2D eigenvalue weighted by Gasteiger charge is -2.20. The van der Waals surface area contributed by atoms with Gasteiger partial charge in [0, 0.05) is 10.0 Å². The minimum Gasteiger partial charge on any atom is -0.507 e. The highest BCUT2D eigenvalue weighted by molar-refractivity contribution is 9.10. The number of hydrogen-bond acceptors (Lipinski definition) is 7. The van der Waals surface area contributed by atoms with Crippen LogP contribution in [-0.2, 0) is 0 Å². The van der Waals surface area contributed by atoms with Crippen LogP contribution in [0.2, 0.25) is 10.0 Å². The Morgan fingerprint density at radius 1 is 0.816 bits per heavy atom. The molecule has 0 radical (unpaired) electrons. The number of ether oxygens (including phenoxy) is 1. The molecule has 194 valence electrons. The molecule has 0 aliphatic carbocycles. The zero-order chi connectivity index (χ0) is 27.5. The van der Waals surface area contributed by atoms with Gasteiger partial charge in [0.25, 0.3) is 0 Å². The molecule has 0 unspecified atom stereocenters. The summed E-state index contributed by atoms with van der Waals surface area (Å²) in [5, 5.41) is 23.8. The van der Waals surface area contributed by atoms with Crippen molar-refractivity contribution in [3.05, 3.63) is 106 Å². The summed E-state index contributed by atoms with van der Waals surface area (Å²) in [7, 11) is 1.49. The van der Waals surface area contributed by atoms with Gasteiger partial charge in [0.1, 0.15) is 28.4 Å². The molecule has 0 saturated heterocycles. The predicted molar refractivity (Wildman–Crippen MR) is 149 cm³/mol. The Balaban J connectivity index is 1.92. The van der Waals surface area contributed by atoms with E-state index in [-0.39, 0.29) is 33.1 Å². The first-order chi connectivity index (χ1) is 18.0. The van der Waals surface area contributed by atoms with Crippen LogP contribution < -0.4 is 16.0 Å². The number of benzene rings is 3. The predicted octanol–water partition coefficient (Wildman–Crippen LogP) is 7.19. The van der Waals surface area contributed by atoms with E-state index < -0.39 is 28.7 Å². The van der Waals surface area contributed by atoms with E-state index in [1.54, 1.807) is 32.0 Å². The van der Waals surface area contributed by atoms with Gasteiger partial charge in [-0.05, 0) is 82.9 Å². The molecule has 0 spiro atoms. The van der Waals surface area contributed by atoms with Crippen LogP contribution in [-0.4, -0.2) is 17.3 Å². The summed E-state index contributed by atoms with van der Waals surface area (Å²) in [6.07, 6.45) is 0. The molecule has 5 aromatic rings. The van der Waals surface area contributed by atoms with Crippen molar-refractivity contribution < 1.29 is 23.8 Å². The molecule has 0 bridgehead atoms. The summed E-state index contributed by atoms with van der Waals surface area (Å²) < 4.78 is 17.0. The fraction of sp³-hybridized carbons (Fsp3) is 0.143. The molecular formula is C28H19BrCl2O7. The van der Waals surface area contributed by atoms with Gasteiger partial charge in [0.05, 0.1) is 39.4 Å². The number of hydrogen-bond donors (Lipinski definition) is 2. The van der Waals surface area contributed by atoms with Gasteiger partial charge in [0.2, 0.25) is 0 Å². The molecule has 0 fully saturated rings. The summed E-state index contributed by atoms with van der Waals surface area (Å²) in [5.41, 5.74) is -0.504. The van der Waals surface area contributed by atoms with Gasteiger partial charge in [-0.25, -0.2) is 9.59 Å². The average Bonchev–Trinajstić information content (AvgIpc) is 2.86. The molecule has 38 heavy (non-hydrogen) atoms. The van der Waals surface area contributed by atoms with E-state index in [9.17, 15) is 19.8 Å². The van der Waals surface area contributed by atoms with E-state index in [1.807, 2.05) is 0 Å². The zero-order valence-electron chi connectivity index (χ0n) is 20.2. The molecular weight excluding hydrogens is 599 g/mol. The van der Waals surface area contributed by atoms with Gasteiger partial charge in [-0.15, -0.1) is 0 Å². The zero-order valence-corrected chi connectivity index (χ0v) is 23.3. The van der Waals surface area contributed by atoms with Crippen molar-refractivity contribution in [2.45, 2.75) is 19.8 Å². The van der Waals surface area contributed by atoms with Crippen LogP contribution in [0.25, 0.3) is 21.9 Å². The Labute approximate surface area is 233 Å². The van der Waals surface area contributed by atoms with E-state index in [2.05, 4.69) is 15.9 Å². The number of methoxy groups -OCH3 is 1. The third kappa shape index (κ3) is 4.22. The second-order valence-corrected chi connectivity index (χ2v) is 10.5. The van der Waals surface area contributed by atoms with Crippen LogP contribution in [0.4, 0.5) is 0 Å². The molecule has 2 N–H and O–H groups in total. The number of aryl methyl sites for hydroxylation is 2. The van der Waals surface area contributed by atoms with E-state index in [0.717, 1.165) is 0 Å². The summed E-state index contributed by atoms with van der Waals surface area (Å²) in [5.74, 6) is -1.72. The minimum absolute atomic E-state index is 0.116. The number of aromatic hydroxyl groups is 2. The Bertz CT molecular complexity index is 1780. The first-order valence-corrected chi connectivity index (χ1v) is 12.8. The molecule has 2 aromatic heterocycles. The van der Waals surface area contributed by atoms with Crippen molar-refractivity contribution in [3.8, 4) is 17.2 Å². The highest BCUT2D eigenvalue weighted by Crippen LogP contribution is 2.44. The molecule has 0 aliphatic rings. The van der Waals surface area contributed by atoms with Crippen molar-refractivity contribution in [1.82, 2.24) is 0 Å². The van der Waals surface area contributed by atoms with Crippen molar-refractivity contribution >= 4 is 61.1 Å². The van der Waals surface area contributed by atoms with Crippen LogP contribution >= 0.6 is 39.1 Å². The number of rotatable bonds is 4. The third-order valence-electron chi connectivity index (χ3n) is 6.47. The standard InChI is InChI=1S/C28H19BrCl2O7/c1-11-6-20-14(9-17(11)30)25(32)23(27(34)37-20)22(13-4-5-19(36-3)16(29)8-13)24-26(33)15-10-18(31)12(2)7-21(15)38-28(24)35/h4-10,22,32-33H,1-3H3. The van der Waals surface area contributed by atoms with Crippen LogP contribution in [0.15, 0.2) is 65.4 Å². The Hall–Kier alpha value is -3.46. The molecule has 0 aliphatic heterocycles. The van der Waals surface area contributed by atoms with Crippen LogP contribution in [0.5, 0.6) is 17.2 Å². The highest BCUT2D eigenvalue weighted by atomic mass is 79.9. The lowest BCUT2D eigenvalue weighted by atomic mass is 9.84. The first kappa shape index (κ1) is 26.2. The molecule has 10 heteroatoms. The molecule has 7 nitrogen and oxygen atoms in total. The first-order valence-electron chi connectivity index (χ1n) is 11.3. The quantitative estimate of drug-likeness (QED) is 0.205. The summed E-state index contributed by atoms with van der Waals surface area (Å²) in [4.78, 5) is 26.8. The molecule has 3 aromatic carbocycles. The van der Waals surface area contributed by atoms with Gasteiger partial charge in [-0.2, -0.15) is 0 Å². The molecule has 0 atom stereocenters. The summed E-state index contributed by atoms with van der Waals surface area (Å²) in [6, 6.07) is 10.8. The summed E-state index contributed by atoms with van der Waals surface area (Å²) in [6.45, 7) is 3.46. The largest absolute Gasteiger partial charge is 0.507 e. The second-order valence-electron chi connectivity index (χ2n) is 8.83. The Morgan fingerprint density at radius 3 is 1.71 bits per heavy atom. The van der Waals surface area contributed by atoms with E-state index in [1.165, 1.54) is 31.4 Å². The van der Waals surface area contributed by atoms with Gasteiger partial charge >= 0.3 is 11.3 Å². The van der Waals surface area contributed by atoms with Gasteiger partial charge in [-0.3, -0.25) is 0 Å². The highest BCUT2D eigenvalue weighted by Gasteiger charge is 2.33. The van der Waals surface area contributed by atoms with Crippen molar-refractivity contribution in [2.24, 2.45) is 0 Å². The third-order valence-corrected chi connectivity index (χ3v) is 7.91. The molecule has 0 saturated carbocycles. The SMILES string of the molecule is COc1ccc(C(c2c(O)c3cc(Cl)c(C)cc3oc2=O)c2c(O)c3cc(Cl)c(C)cc3oc2=O)cc1Br. The maximum absolute atomic E-state index is 13.4. The molecule has 0 amide bonds. The normalized spacial score (nSPS) is 11.6. The molecule has 5 rings (SSSR count). The lowest BCUT2D eigenvalue weighted by Crippen LogP contribution is -2.21. The van der Waals surface area contributed by atoms with Crippen molar-refractivity contribution in [1.29, 1.82) is 0 Å². The Kier molecular flexibility index (Phi) is 6.67. The fourth-order valence-corrected chi connectivity index (χ4v) is 5.38. The fourth-order valence-electron chi connectivity index (χ4n) is 4.49. The molecule has 2 heterocycles. The monoisotopic (exact) mass is 616 g/mol.